The van der Waals surface area contributed by atoms with E-state index in [0.717, 1.165) is 6.20 Å². The van der Waals surface area contributed by atoms with Crippen LogP contribution < -0.4 is 16.0 Å². The van der Waals surface area contributed by atoms with E-state index in [1.807, 2.05) is 9.80 Å². The molecule has 0 unspecified atom stereocenters. The van der Waals surface area contributed by atoms with E-state index in [0.29, 0.717) is 37.8 Å². The van der Waals surface area contributed by atoms with Crippen LogP contribution in [0, 0.1) is 15.9 Å². The molecule has 0 spiro atoms. The van der Waals surface area contributed by atoms with Gasteiger partial charge >= 0.3 is 5.69 Å². The van der Waals surface area contributed by atoms with Gasteiger partial charge in [-0.25, -0.2) is 9.37 Å². The molecule has 1 amide bonds. The summed E-state index contributed by atoms with van der Waals surface area (Å²) in [4.78, 5) is 34.0. The summed E-state index contributed by atoms with van der Waals surface area (Å²) in [6.07, 6.45) is 1.10. The number of piperazine rings is 1. The summed E-state index contributed by atoms with van der Waals surface area (Å²) < 4.78 is 12.9. The highest BCUT2D eigenvalue weighted by molar-refractivity contribution is 5.92. The van der Waals surface area contributed by atoms with E-state index < -0.39 is 4.92 Å². The molecule has 2 heterocycles. The number of nitrogen functional groups attached to an aromatic ring is 1. The quantitative estimate of drug-likeness (QED) is 0.581. The van der Waals surface area contributed by atoms with E-state index in [-0.39, 0.29) is 29.8 Å². The second kappa shape index (κ2) is 7.91. The van der Waals surface area contributed by atoms with Crippen LogP contribution >= 0.6 is 0 Å². The SMILES string of the molecule is Nc1nc(N2CCN(CC(=O)Nc3ccc(F)cc3)CC2)ncc1[N+](=O)[O-]. The Hall–Kier alpha value is -3.34. The number of nitrogens with one attached hydrogen (secondary N) is 1. The van der Waals surface area contributed by atoms with Gasteiger partial charge in [-0.2, -0.15) is 4.98 Å². The fourth-order valence-corrected chi connectivity index (χ4v) is 2.71. The maximum absolute atomic E-state index is 12.9. The molecule has 0 bridgehead atoms. The number of nitrogens with zero attached hydrogens (tertiary/aromatic N) is 5. The Bertz CT molecular complexity index is 838. The molecule has 2 aromatic rings. The first-order chi connectivity index (χ1) is 12.9. The first kappa shape index (κ1) is 18.5. The molecule has 0 atom stereocenters. The standard InChI is InChI=1S/C16H18FN7O3/c17-11-1-3-12(4-2-11)20-14(25)10-22-5-7-23(8-6-22)16-19-9-13(24(26)27)15(18)21-16/h1-4,9H,5-8,10H2,(H,20,25)(H2,18,19,21). The Balaban J connectivity index is 1.51. The molecule has 1 aliphatic rings. The van der Waals surface area contributed by atoms with Crippen LogP contribution in [-0.4, -0.2) is 58.4 Å². The number of nitrogens with two attached hydrogens (primary N) is 1. The van der Waals surface area contributed by atoms with Gasteiger partial charge in [-0.3, -0.25) is 19.8 Å². The minimum atomic E-state index is -0.628. The van der Waals surface area contributed by atoms with Gasteiger partial charge in [0, 0.05) is 31.9 Å². The van der Waals surface area contributed by atoms with Crippen LogP contribution in [0.5, 0.6) is 0 Å². The number of rotatable bonds is 5. The van der Waals surface area contributed by atoms with Crippen molar-refractivity contribution in [3.05, 3.63) is 46.4 Å². The van der Waals surface area contributed by atoms with Gasteiger partial charge in [0.15, 0.2) is 0 Å². The first-order valence-electron chi connectivity index (χ1n) is 8.22. The summed E-state index contributed by atoms with van der Waals surface area (Å²) in [5.74, 6) is -0.399. The van der Waals surface area contributed by atoms with Crippen molar-refractivity contribution in [1.82, 2.24) is 14.9 Å². The van der Waals surface area contributed by atoms with Gasteiger partial charge in [-0.1, -0.05) is 0 Å². The zero-order valence-electron chi connectivity index (χ0n) is 14.3. The fraction of sp³-hybridized carbons (Fsp3) is 0.312. The molecule has 0 saturated carbocycles. The number of halogens is 1. The van der Waals surface area contributed by atoms with Crippen LogP contribution in [0.4, 0.5) is 27.5 Å². The summed E-state index contributed by atoms with van der Waals surface area (Å²) in [5.41, 5.74) is 5.81. The van der Waals surface area contributed by atoms with Gasteiger partial charge in [0.1, 0.15) is 12.0 Å². The smallest absolute Gasteiger partial charge is 0.329 e. The van der Waals surface area contributed by atoms with E-state index in [1.54, 1.807) is 0 Å². The molecule has 10 nitrogen and oxygen atoms in total. The van der Waals surface area contributed by atoms with E-state index in [1.165, 1.54) is 24.3 Å². The maximum atomic E-state index is 12.9. The minimum Gasteiger partial charge on any atom is -0.378 e. The van der Waals surface area contributed by atoms with Gasteiger partial charge in [-0.05, 0) is 24.3 Å². The van der Waals surface area contributed by atoms with Gasteiger partial charge in [-0.15, -0.1) is 0 Å². The number of amides is 1. The third-order valence-corrected chi connectivity index (χ3v) is 4.13. The van der Waals surface area contributed by atoms with Crippen molar-refractivity contribution < 1.29 is 14.1 Å². The molecule has 1 fully saturated rings. The summed E-state index contributed by atoms with van der Waals surface area (Å²) in [6, 6.07) is 5.57. The van der Waals surface area contributed by atoms with Crippen LogP contribution in [0.3, 0.4) is 0 Å². The summed E-state index contributed by atoms with van der Waals surface area (Å²) >= 11 is 0. The Morgan fingerprint density at radius 3 is 2.52 bits per heavy atom. The topological polar surface area (TPSA) is 131 Å². The van der Waals surface area contributed by atoms with Gasteiger partial charge in [0.25, 0.3) is 0 Å². The monoisotopic (exact) mass is 375 g/mol. The van der Waals surface area contributed by atoms with E-state index in [4.69, 9.17) is 5.73 Å². The molecule has 142 valence electrons. The lowest BCUT2D eigenvalue weighted by Crippen LogP contribution is -2.49. The maximum Gasteiger partial charge on any atom is 0.329 e. The summed E-state index contributed by atoms with van der Waals surface area (Å²) in [6.45, 7) is 2.50. The second-order valence-corrected chi connectivity index (χ2v) is 6.02. The molecule has 1 saturated heterocycles. The lowest BCUT2D eigenvalue weighted by atomic mass is 10.3. The molecule has 11 heteroatoms. The number of nitro groups is 1. The summed E-state index contributed by atoms with van der Waals surface area (Å²) in [7, 11) is 0. The lowest BCUT2D eigenvalue weighted by Gasteiger charge is -2.34. The minimum absolute atomic E-state index is 0.175. The highest BCUT2D eigenvalue weighted by atomic mass is 19.1. The zero-order chi connectivity index (χ0) is 19.4. The van der Waals surface area contributed by atoms with Gasteiger partial charge in [0.2, 0.25) is 17.7 Å². The van der Waals surface area contributed by atoms with E-state index in [9.17, 15) is 19.3 Å². The first-order valence-corrected chi connectivity index (χ1v) is 8.22. The third kappa shape index (κ3) is 4.64. The van der Waals surface area contributed by atoms with Crippen molar-refractivity contribution >= 4 is 29.0 Å². The van der Waals surface area contributed by atoms with Crippen LogP contribution in [-0.2, 0) is 4.79 Å². The molecule has 3 rings (SSSR count). The molecule has 1 aliphatic heterocycles. The molecular formula is C16H18FN7O3. The number of carbonyl (C=O) groups is 1. The van der Waals surface area contributed by atoms with Crippen molar-refractivity contribution in [2.45, 2.75) is 0 Å². The Morgan fingerprint density at radius 1 is 1.26 bits per heavy atom. The van der Waals surface area contributed by atoms with Crippen LogP contribution in [0.25, 0.3) is 0 Å². The van der Waals surface area contributed by atoms with Gasteiger partial charge < -0.3 is 16.0 Å². The Labute approximate surface area is 154 Å². The zero-order valence-corrected chi connectivity index (χ0v) is 14.3. The van der Waals surface area contributed by atoms with E-state index in [2.05, 4.69) is 15.3 Å². The number of carbonyl (C=O) groups excluding carboxylic acids is 1. The number of hydrogen-bond donors (Lipinski definition) is 2. The van der Waals surface area contributed by atoms with Crippen LogP contribution in [0.2, 0.25) is 0 Å². The molecule has 1 aromatic heterocycles. The number of benzene rings is 1. The highest BCUT2D eigenvalue weighted by Gasteiger charge is 2.23. The molecule has 27 heavy (non-hydrogen) atoms. The molecule has 3 N–H and O–H groups in total. The lowest BCUT2D eigenvalue weighted by molar-refractivity contribution is -0.384. The Morgan fingerprint density at radius 2 is 1.93 bits per heavy atom. The number of anilines is 3. The average Bonchev–Trinajstić information content (AvgIpc) is 2.64. The van der Waals surface area contributed by atoms with Crippen LogP contribution in [0.1, 0.15) is 0 Å². The number of aromatic nitrogens is 2. The summed E-state index contributed by atoms with van der Waals surface area (Å²) in [5, 5.41) is 13.5. The second-order valence-electron chi connectivity index (χ2n) is 6.02. The third-order valence-electron chi connectivity index (χ3n) is 4.13. The largest absolute Gasteiger partial charge is 0.378 e. The average molecular weight is 375 g/mol. The normalized spacial score (nSPS) is 14.8. The Kier molecular flexibility index (Phi) is 5.41. The molecule has 0 radical (unpaired) electrons. The number of hydrogen-bond acceptors (Lipinski definition) is 8. The van der Waals surface area contributed by atoms with Crippen molar-refractivity contribution in [3.63, 3.8) is 0 Å². The molecule has 0 aliphatic carbocycles. The predicted molar refractivity (Wildman–Crippen MR) is 96.8 cm³/mol. The predicted octanol–water partition coefficient (Wildman–Crippen LogP) is 0.867. The van der Waals surface area contributed by atoms with Crippen molar-refractivity contribution in [1.29, 1.82) is 0 Å². The fourth-order valence-electron chi connectivity index (χ4n) is 2.71. The molecular weight excluding hydrogens is 357 g/mol. The highest BCUT2D eigenvalue weighted by Crippen LogP contribution is 2.21. The molecule has 1 aromatic carbocycles. The van der Waals surface area contributed by atoms with Gasteiger partial charge in [0.05, 0.1) is 11.5 Å². The van der Waals surface area contributed by atoms with E-state index >= 15 is 0 Å². The van der Waals surface area contributed by atoms with Crippen molar-refractivity contribution in [3.8, 4) is 0 Å². The van der Waals surface area contributed by atoms with Crippen molar-refractivity contribution in [2.75, 3.05) is 48.7 Å². The van der Waals surface area contributed by atoms with Crippen molar-refractivity contribution in [2.24, 2.45) is 0 Å². The van der Waals surface area contributed by atoms with Crippen LogP contribution in [0.15, 0.2) is 30.5 Å².